The second-order valence-electron chi connectivity index (χ2n) is 3.96. The van der Waals surface area contributed by atoms with E-state index in [1.165, 1.54) is 6.07 Å². The lowest BCUT2D eigenvalue weighted by atomic mass is 10.1. The van der Waals surface area contributed by atoms with Gasteiger partial charge in [-0.15, -0.1) is 0 Å². The summed E-state index contributed by atoms with van der Waals surface area (Å²) in [6.45, 7) is 1.86. The first-order valence-electron chi connectivity index (χ1n) is 5.39. The van der Waals surface area contributed by atoms with Crippen molar-refractivity contribution in [2.45, 2.75) is 25.8 Å². The number of nitrogens with one attached hydrogen (secondary N) is 1. The van der Waals surface area contributed by atoms with E-state index in [4.69, 9.17) is 5.11 Å². The second kappa shape index (κ2) is 6.78. The van der Waals surface area contributed by atoms with Crippen molar-refractivity contribution in [1.82, 2.24) is 5.32 Å². The number of carbonyl (C=O) groups is 2. The molecule has 1 atom stereocenters. The van der Waals surface area contributed by atoms with Gasteiger partial charge in [0.15, 0.2) is 0 Å². The number of carboxylic acids is 1. The van der Waals surface area contributed by atoms with Crippen LogP contribution in [0.4, 0.5) is 8.78 Å². The SMILES string of the molecule is Cc1ccc(C(=O)NC(CC(F)F)C(=O)O)cc1I. The van der Waals surface area contributed by atoms with Gasteiger partial charge in [0.25, 0.3) is 5.91 Å². The average Bonchev–Trinajstić information content (AvgIpc) is 2.31. The number of aliphatic carboxylic acids is 1. The molecule has 0 aliphatic rings. The number of amides is 1. The van der Waals surface area contributed by atoms with Gasteiger partial charge in [-0.1, -0.05) is 6.07 Å². The Hall–Kier alpha value is -1.25. The van der Waals surface area contributed by atoms with E-state index in [2.05, 4.69) is 5.32 Å². The molecule has 1 rings (SSSR count). The van der Waals surface area contributed by atoms with Crippen molar-refractivity contribution >= 4 is 34.5 Å². The van der Waals surface area contributed by atoms with Crippen LogP contribution in [0.1, 0.15) is 22.3 Å². The number of carboxylic acid groups (broad SMARTS) is 1. The van der Waals surface area contributed by atoms with Gasteiger partial charge in [-0.3, -0.25) is 4.79 Å². The van der Waals surface area contributed by atoms with E-state index in [-0.39, 0.29) is 5.56 Å². The highest BCUT2D eigenvalue weighted by Crippen LogP contribution is 2.14. The summed E-state index contributed by atoms with van der Waals surface area (Å²) in [5.41, 5.74) is 1.22. The molecule has 0 spiro atoms. The van der Waals surface area contributed by atoms with Crippen molar-refractivity contribution in [3.63, 3.8) is 0 Å². The molecule has 1 unspecified atom stereocenters. The van der Waals surface area contributed by atoms with Crippen LogP contribution >= 0.6 is 22.6 Å². The molecule has 0 aliphatic heterocycles. The minimum absolute atomic E-state index is 0.246. The van der Waals surface area contributed by atoms with Crippen LogP contribution in [-0.4, -0.2) is 29.5 Å². The van der Waals surface area contributed by atoms with Gasteiger partial charge in [0, 0.05) is 15.6 Å². The normalized spacial score (nSPS) is 12.3. The van der Waals surface area contributed by atoms with Crippen molar-refractivity contribution in [2.75, 3.05) is 0 Å². The smallest absolute Gasteiger partial charge is 0.326 e. The molecule has 2 N–H and O–H groups in total. The molecule has 19 heavy (non-hydrogen) atoms. The first-order valence-corrected chi connectivity index (χ1v) is 6.47. The summed E-state index contributed by atoms with van der Waals surface area (Å²) in [5.74, 6) is -2.15. The zero-order chi connectivity index (χ0) is 14.6. The van der Waals surface area contributed by atoms with Gasteiger partial charge in [0.05, 0.1) is 0 Å². The Balaban J connectivity index is 2.81. The van der Waals surface area contributed by atoms with E-state index in [1.807, 2.05) is 29.5 Å². The zero-order valence-corrected chi connectivity index (χ0v) is 12.1. The highest BCUT2D eigenvalue weighted by atomic mass is 127. The van der Waals surface area contributed by atoms with Crippen LogP contribution in [0, 0.1) is 10.5 Å². The van der Waals surface area contributed by atoms with E-state index in [9.17, 15) is 18.4 Å². The lowest BCUT2D eigenvalue weighted by Crippen LogP contribution is -2.42. The number of benzene rings is 1. The first-order chi connectivity index (χ1) is 8.81. The summed E-state index contributed by atoms with van der Waals surface area (Å²) < 4.78 is 25.2. The third kappa shape index (κ3) is 4.73. The highest BCUT2D eigenvalue weighted by Gasteiger charge is 2.24. The highest BCUT2D eigenvalue weighted by molar-refractivity contribution is 14.1. The fraction of sp³-hybridized carbons (Fsp3) is 0.333. The van der Waals surface area contributed by atoms with E-state index >= 15 is 0 Å². The van der Waals surface area contributed by atoms with Gasteiger partial charge in [-0.2, -0.15) is 0 Å². The molecule has 1 aromatic carbocycles. The summed E-state index contributed by atoms with van der Waals surface area (Å²) in [7, 11) is 0. The Kier molecular flexibility index (Phi) is 5.64. The molecule has 0 bridgehead atoms. The fourth-order valence-corrected chi connectivity index (χ4v) is 1.89. The van der Waals surface area contributed by atoms with Crippen LogP contribution in [0.15, 0.2) is 18.2 Å². The topological polar surface area (TPSA) is 66.4 Å². The predicted octanol–water partition coefficient (Wildman–Crippen LogP) is 2.44. The number of alkyl halides is 2. The van der Waals surface area contributed by atoms with Gasteiger partial charge < -0.3 is 10.4 Å². The Bertz CT molecular complexity index is 494. The zero-order valence-electron chi connectivity index (χ0n) is 9.99. The molecule has 0 saturated carbocycles. The summed E-state index contributed by atoms with van der Waals surface area (Å²) in [5, 5.41) is 10.9. The summed E-state index contributed by atoms with van der Waals surface area (Å²) in [4.78, 5) is 22.6. The van der Waals surface area contributed by atoms with E-state index in [0.29, 0.717) is 0 Å². The van der Waals surface area contributed by atoms with Crippen LogP contribution in [0.2, 0.25) is 0 Å². The number of halogens is 3. The molecule has 0 radical (unpaired) electrons. The molecule has 7 heteroatoms. The van der Waals surface area contributed by atoms with Crippen LogP contribution < -0.4 is 5.32 Å². The third-order valence-electron chi connectivity index (χ3n) is 2.45. The number of hydrogen-bond acceptors (Lipinski definition) is 2. The molecule has 4 nitrogen and oxygen atoms in total. The predicted molar refractivity (Wildman–Crippen MR) is 73.4 cm³/mol. The third-order valence-corrected chi connectivity index (χ3v) is 3.61. The molecule has 0 fully saturated rings. The largest absolute Gasteiger partial charge is 0.480 e. The van der Waals surface area contributed by atoms with Gasteiger partial charge >= 0.3 is 5.97 Å². The number of hydrogen-bond donors (Lipinski definition) is 2. The number of aryl methyl sites for hydroxylation is 1. The molecule has 0 heterocycles. The summed E-state index contributed by atoms with van der Waals surface area (Å²) in [6, 6.07) is 3.21. The van der Waals surface area contributed by atoms with Crippen LogP contribution in [0.25, 0.3) is 0 Å². The monoisotopic (exact) mass is 383 g/mol. The van der Waals surface area contributed by atoms with Gasteiger partial charge in [-0.25, -0.2) is 13.6 Å². The van der Waals surface area contributed by atoms with Gasteiger partial charge in [0.1, 0.15) is 6.04 Å². The maximum Gasteiger partial charge on any atom is 0.326 e. The molecule has 0 aliphatic carbocycles. The minimum Gasteiger partial charge on any atom is -0.480 e. The van der Waals surface area contributed by atoms with Crippen molar-refractivity contribution < 1.29 is 23.5 Å². The molecule has 0 saturated heterocycles. The van der Waals surface area contributed by atoms with Crippen LogP contribution in [-0.2, 0) is 4.79 Å². The Morgan fingerprint density at radius 1 is 1.42 bits per heavy atom. The molecular formula is C12H12F2INO3. The Labute approximate surface area is 122 Å². The quantitative estimate of drug-likeness (QED) is 0.768. The van der Waals surface area contributed by atoms with Crippen molar-refractivity contribution in [3.05, 3.63) is 32.9 Å². The molecule has 104 valence electrons. The first kappa shape index (κ1) is 15.8. The molecule has 1 aromatic rings. The molecule has 0 aromatic heterocycles. The van der Waals surface area contributed by atoms with E-state index in [1.54, 1.807) is 12.1 Å². The lowest BCUT2D eigenvalue weighted by molar-refractivity contribution is -0.140. The standard InChI is InChI=1S/C12H12F2INO3/c1-6-2-3-7(4-8(6)15)11(17)16-9(12(18)19)5-10(13)14/h2-4,9-10H,5H2,1H3,(H,16,17)(H,18,19). The van der Waals surface area contributed by atoms with Crippen molar-refractivity contribution in [1.29, 1.82) is 0 Å². The lowest BCUT2D eigenvalue weighted by Gasteiger charge is -2.14. The minimum atomic E-state index is -2.79. The maximum absolute atomic E-state index is 12.2. The van der Waals surface area contributed by atoms with Crippen molar-refractivity contribution in [3.8, 4) is 0 Å². The summed E-state index contributed by atoms with van der Waals surface area (Å²) in [6.07, 6.45) is -3.70. The summed E-state index contributed by atoms with van der Waals surface area (Å²) >= 11 is 2.03. The number of rotatable bonds is 5. The van der Waals surface area contributed by atoms with E-state index < -0.39 is 30.8 Å². The molecular weight excluding hydrogens is 371 g/mol. The fourth-order valence-electron chi connectivity index (χ4n) is 1.38. The Morgan fingerprint density at radius 2 is 2.05 bits per heavy atom. The number of carbonyl (C=O) groups excluding carboxylic acids is 1. The van der Waals surface area contributed by atoms with Gasteiger partial charge in [-0.05, 0) is 47.2 Å². The average molecular weight is 383 g/mol. The van der Waals surface area contributed by atoms with Crippen LogP contribution in [0.5, 0.6) is 0 Å². The van der Waals surface area contributed by atoms with Gasteiger partial charge in [0.2, 0.25) is 6.43 Å². The second-order valence-corrected chi connectivity index (χ2v) is 5.12. The van der Waals surface area contributed by atoms with Crippen LogP contribution in [0.3, 0.4) is 0 Å². The molecule has 1 amide bonds. The Morgan fingerprint density at radius 3 is 2.53 bits per heavy atom. The van der Waals surface area contributed by atoms with E-state index in [0.717, 1.165) is 9.13 Å². The van der Waals surface area contributed by atoms with Crippen molar-refractivity contribution in [2.24, 2.45) is 0 Å². The maximum atomic E-state index is 12.2.